The van der Waals surface area contributed by atoms with Crippen molar-refractivity contribution in [3.8, 4) is 0 Å². The van der Waals surface area contributed by atoms with E-state index in [4.69, 9.17) is 0 Å². The van der Waals surface area contributed by atoms with Crippen molar-refractivity contribution in [2.45, 2.75) is 24.3 Å². The fourth-order valence-corrected chi connectivity index (χ4v) is 3.38. The lowest BCUT2D eigenvalue weighted by molar-refractivity contribution is -0.384. The first-order chi connectivity index (χ1) is 10.4. The highest BCUT2D eigenvalue weighted by Gasteiger charge is 2.20. The van der Waals surface area contributed by atoms with Gasteiger partial charge in [-0.3, -0.25) is 10.1 Å². The number of nitro groups is 1. The fourth-order valence-electron chi connectivity index (χ4n) is 2.07. The quantitative estimate of drug-likeness (QED) is 0.654. The minimum atomic E-state index is -3.73. The summed E-state index contributed by atoms with van der Waals surface area (Å²) < 4.78 is 27.4. The van der Waals surface area contributed by atoms with E-state index in [9.17, 15) is 18.5 Å². The van der Waals surface area contributed by atoms with Gasteiger partial charge in [-0.1, -0.05) is 37.3 Å². The maximum atomic E-state index is 12.4. The molecule has 0 fully saturated rings. The monoisotopic (exact) mass is 320 g/mol. The van der Waals surface area contributed by atoms with Crippen molar-refractivity contribution in [3.63, 3.8) is 0 Å². The maximum Gasteiger partial charge on any atom is 0.269 e. The molecule has 1 unspecified atom stereocenters. The van der Waals surface area contributed by atoms with Crippen molar-refractivity contribution < 1.29 is 13.3 Å². The average Bonchev–Trinajstić information content (AvgIpc) is 2.53. The second-order valence-corrected chi connectivity index (χ2v) is 6.46. The van der Waals surface area contributed by atoms with Gasteiger partial charge in [0.25, 0.3) is 5.69 Å². The molecule has 0 amide bonds. The van der Waals surface area contributed by atoms with Crippen LogP contribution in [0.25, 0.3) is 0 Å². The van der Waals surface area contributed by atoms with E-state index in [-0.39, 0.29) is 16.6 Å². The van der Waals surface area contributed by atoms with Crippen LogP contribution in [0.3, 0.4) is 0 Å². The topological polar surface area (TPSA) is 89.3 Å². The lowest BCUT2D eigenvalue weighted by Gasteiger charge is -2.17. The van der Waals surface area contributed by atoms with Gasteiger partial charge in [-0.05, 0) is 24.1 Å². The molecular weight excluding hydrogens is 304 g/mol. The van der Waals surface area contributed by atoms with Crippen LogP contribution in [0.5, 0.6) is 0 Å². The minimum Gasteiger partial charge on any atom is -0.258 e. The smallest absolute Gasteiger partial charge is 0.258 e. The van der Waals surface area contributed by atoms with Gasteiger partial charge in [0.1, 0.15) is 0 Å². The molecule has 2 rings (SSSR count). The number of nitrogens with one attached hydrogen (secondary N) is 1. The Balaban J connectivity index is 2.24. The molecule has 2 aromatic carbocycles. The Kier molecular flexibility index (Phi) is 4.89. The van der Waals surface area contributed by atoms with Crippen LogP contribution < -0.4 is 4.72 Å². The van der Waals surface area contributed by atoms with E-state index < -0.39 is 14.9 Å². The van der Waals surface area contributed by atoms with Crippen molar-refractivity contribution in [2.75, 3.05) is 0 Å². The van der Waals surface area contributed by atoms with Crippen LogP contribution in [0.1, 0.15) is 24.9 Å². The lowest BCUT2D eigenvalue weighted by Crippen LogP contribution is -2.28. The van der Waals surface area contributed by atoms with E-state index in [0.29, 0.717) is 6.42 Å². The summed E-state index contributed by atoms with van der Waals surface area (Å²) in [7, 11) is -3.73. The summed E-state index contributed by atoms with van der Waals surface area (Å²) >= 11 is 0. The van der Waals surface area contributed by atoms with Gasteiger partial charge < -0.3 is 0 Å². The average molecular weight is 320 g/mol. The summed E-state index contributed by atoms with van der Waals surface area (Å²) in [6, 6.07) is 13.7. The van der Waals surface area contributed by atoms with Crippen LogP contribution in [0.2, 0.25) is 0 Å². The molecule has 1 N–H and O–H groups in total. The second-order valence-electron chi connectivity index (χ2n) is 4.74. The molecule has 0 aromatic heterocycles. The van der Waals surface area contributed by atoms with Crippen molar-refractivity contribution in [1.29, 1.82) is 0 Å². The molecule has 0 bridgehead atoms. The third-order valence-electron chi connectivity index (χ3n) is 3.27. The van der Waals surface area contributed by atoms with Gasteiger partial charge in [0.15, 0.2) is 0 Å². The highest BCUT2D eigenvalue weighted by Crippen LogP contribution is 2.21. The van der Waals surface area contributed by atoms with Gasteiger partial charge in [0, 0.05) is 18.2 Å². The van der Waals surface area contributed by atoms with Gasteiger partial charge >= 0.3 is 0 Å². The number of rotatable bonds is 6. The highest BCUT2D eigenvalue weighted by atomic mass is 32.2. The summed E-state index contributed by atoms with van der Waals surface area (Å²) in [6.45, 7) is 1.88. The minimum absolute atomic E-state index is 0.00693. The van der Waals surface area contributed by atoms with Crippen LogP contribution in [-0.4, -0.2) is 13.3 Å². The van der Waals surface area contributed by atoms with Gasteiger partial charge in [-0.25, -0.2) is 13.1 Å². The van der Waals surface area contributed by atoms with Gasteiger partial charge in [0.2, 0.25) is 10.0 Å². The number of hydrogen-bond acceptors (Lipinski definition) is 4. The standard InChI is InChI=1S/C15H16N2O4S/c1-2-15(12-6-4-3-5-7-12)16-22(20,21)14-10-8-13(9-11-14)17(18)19/h3-11,15-16H,2H2,1H3. The van der Waals surface area contributed by atoms with Crippen LogP contribution in [0.15, 0.2) is 59.5 Å². The Morgan fingerprint density at radius 1 is 1.09 bits per heavy atom. The molecule has 7 heteroatoms. The van der Waals surface area contributed by atoms with E-state index in [1.807, 2.05) is 37.3 Å². The Morgan fingerprint density at radius 2 is 1.68 bits per heavy atom. The molecular formula is C15H16N2O4S. The molecule has 22 heavy (non-hydrogen) atoms. The first-order valence-electron chi connectivity index (χ1n) is 6.76. The molecule has 0 aliphatic heterocycles. The molecule has 2 aromatic rings. The summed E-state index contributed by atoms with van der Waals surface area (Å²) in [6.07, 6.45) is 0.593. The third-order valence-corrected chi connectivity index (χ3v) is 4.75. The maximum absolute atomic E-state index is 12.4. The van der Waals surface area contributed by atoms with Crippen LogP contribution in [0.4, 0.5) is 5.69 Å². The Labute approximate surface area is 129 Å². The SMILES string of the molecule is CCC(NS(=O)(=O)c1ccc([N+](=O)[O-])cc1)c1ccccc1. The Hall–Kier alpha value is -2.25. The number of non-ortho nitro benzene ring substituents is 1. The van der Waals surface area contributed by atoms with Gasteiger partial charge in [-0.2, -0.15) is 0 Å². The molecule has 0 saturated heterocycles. The van der Waals surface area contributed by atoms with Crippen LogP contribution in [0, 0.1) is 10.1 Å². The van der Waals surface area contributed by atoms with Crippen molar-refractivity contribution >= 4 is 15.7 Å². The molecule has 0 heterocycles. The van der Waals surface area contributed by atoms with E-state index in [2.05, 4.69) is 4.72 Å². The van der Waals surface area contributed by atoms with E-state index in [0.717, 1.165) is 5.56 Å². The molecule has 6 nitrogen and oxygen atoms in total. The summed E-state index contributed by atoms with van der Waals surface area (Å²) in [5, 5.41) is 10.6. The molecule has 0 aliphatic rings. The number of nitrogens with zero attached hydrogens (tertiary/aromatic N) is 1. The highest BCUT2D eigenvalue weighted by molar-refractivity contribution is 7.89. The first-order valence-corrected chi connectivity index (χ1v) is 8.24. The molecule has 1 atom stereocenters. The number of hydrogen-bond donors (Lipinski definition) is 1. The van der Waals surface area contributed by atoms with E-state index in [1.54, 1.807) is 0 Å². The fraction of sp³-hybridized carbons (Fsp3) is 0.200. The number of nitro benzene ring substituents is 1. The Morgan fingerprint density at radius 3 is 2.18 bits per heavy atom. The van der Waals surface area contributed by atoms with E-state index >= 15 is 0 Å². The summed E-state index contributed by atoms with van der Waals surface area (Å²) in [5.41, 5.74) is 0.726. The van der Waals surface area contributed by atoms with E-state index in [1.165, 1.54) is 24.3 Å². The predicted octanol–water partition coefficient (Wildman–Crippen LogP) is 3.02. The predicted molar refractivity (Wildman–Crippen MR) is 82.9 cm³/mol. The zero-order valence-electron chi connectivity index (χ0n) is 12.0. The van der Waals surface area contributed by atoms with Crippen molar-refractivity contribution in [3.05, 3.63) is 70.3 Å². The van der Waals surface area contributed by atoms with Crippen LogP contribution in [-0.2, 0) is 10.0 Å². The first kappa shape index (κ1) is 16.1. The second kappa shape index (κ2) is 6.67. The summed E-state index contributed by atoms with van der Waals surface area (Å²) in [4.78, 5) is 10.1. The Bertz CT molecular complexity index is 743. The lowest BCUT2D eigenvalue weighted by atomic mass is 10.1. The molecule has 0 spiro atoms. The van der Waals surface area contributed by atoms with Gasteiger partial charge in [0.05, 0.1) is 9.82 Å². The molecule has 116 valence electrons. The van der Waals surface area contributed by atoms with Crippen molar-refractivity contribution in [1.82, 2.24) is 4.72 Å². The third kappa shape index (κ3) is 3.69. The van der Waals surface area contributed by atoms with Crippen LogP contribution >= 0.6 is 0 Å². The number of sulfonamides is 1. The largest absolute Gasteiger partial charge is 0.269 e. The summed E-state index contributed by atoms with van der Waals surface area (Å²) in [5.74, 6) is 0. The van der Waals surface area contributed by atoms with Crippen molar-refractivity contribution in [2.24, 2.45) is 0 Å². The van der Waals surface area contributed by atoms with Gasteiger partial charge in [-0.15, -0.1) is 0 Å². The molecule has 0 aliphatic carbocycles. The zero-order valence-corrected chi connectivity index (χ0v) is 12.8. The number of benzene rings is 2. The zero-order chi connectivity index (χ0) is 16.2. The molecule has 0 saturated carbocycles. The normalized spacial score (nSPS) is 12.8. The molecule has 0 radical (unpaired) electrons.